The predicted octanol–water partition coefficient (Wildman–Crippen LogP) is 3.99. The molecule has 0 fully saturated rings. The highest BCUT2D eigenvalue weighted by Crippen LogP contribution is 2.09. The van der Waals surface area contributed by atoms with Gasteiger partial charge < -0.3 is 4.90 Å². The summed E-state index contributed by atoms with van der Waals surface area (Å²) in [6.07, 6.45) is 12.6. The lowest BCUT2D eigenvalue weighted by molar-refractivity contribution is 0.389. The summed E-state index contributed by atoms with van der Waals surface area (Å²) in [5.74, 6) is 1.06. The molecule has 0 aromatic rings. The largest absolute Gasteiger partial charge is 0.309 e. The minimum Gasteiger partial charge on any atom is -0.309 e. The first-order valence-corrected chi connectivity index (χ1v) is 7.16. The molecule has 0 aromatic carbocycles. The van der Waals surface area contributed by atoms with Crippen LogP contribution in [0.1, 0.15) is 57.8 Å². The van der Waals surface area contributed by atoms with Crippen LogP contribution in [-0.4, -0.2) is 31.3 Å². The Hall–Kier alpha value is 0.310. The summed E-state index contributed by atoms with van der Waals surface area (Å²) in [5, 5.41) is 0. The van der Waals surface area contributed by atoms with E-state index >= 15 is 0 Å². The molecule has 0 N–H and O–H groups in total. The van der Waals surface area contributed by atoms with Crippen molar-refractivity contribution in [3.05, 3.63) is 0 Å². The molecular weight excluding hydrogens is 202 g/mol. The van der Waals surface area contributed by atoms with E-state index in [9.17, 15) is 0 Å². The highest BCUT2D eigenvalue weighted by molar-refractivity contribution is 7.80. The van der Waals surface area contributed by atoms with E-state index in [1.54, 1.807) is 0 Å². The van der Waals surface area contributed by atoms with Crippen molar-refractivity contribution < 1.29 is 0 Å². The lowest BCUT2D eigenvalue weighted by Crippen LogP contribution is -2.12. The van der Waals surface area contributed by atoms with Crippen LogP contribution in [0, 0.1) is 0 Å². The Morgan fingerprint density at radius 1 is 0.667 bits per heavy atom. The first kappa shape index (κ1) is 15.3. The second-order valence-corrected chi connectivity index (χ2v) is 5.16. The van der Waals surface area contributed by atoms with E-state index in [1.165, 1.54) is 64.3 Å². The molecule has 0 aliphatic rings. The first-order valence-electron chi connectivity index (χ1n) is 6.53. The van der Waals surface area contributed by atoms with Crippen LogP contribution in [0.2, 0.25) is 0 Å². The van der Waals surface area contributed by atoms with Gasteiger partial charge >= 0.3 is 0 Å². The fourth-order valence-corrected chi connectivity index (χ4v) is 2.00. The van der Waals surface area contributed by atoms with Gasteiger partial charge in [0.05, 0.1) is 0 Å². The molecule has 0 atom stereocenters. The summed E-state index contributed by atoms with van der Waals surface area (Å²) in [7, 11) is 4.31. The summed E-state index contributed by atoms with van der Waals surface area (Å²) < 4.78 is 0. The summed E-state index contributed by atoms with van der Waals surface area (Å²) in [4.78, 5) is 2.28. The van der Waals surface area contributed by atoms with Crippen molar-refractivity contribution in [2.75, 3.05) is 26.4 Å². The van der Waals surface area contributed by atoms with E-state index in [1.807, 2.05) is 0 Å². The molecule has 0 bridgehead atoms. The van der Waals surface area contributed by atoms with E-state index < -0.39 is 0 Å². The maximum Gasteiger partial charge on any atom is -0.00248 e. The van der Waals surface area contributed by atoms with Gasteiger partial charge in [-0.1, -0.05) is 44.9 Å². The van der Waals surface area contributed by atoms with Crippen molar-refractivity contribution >= 4 is 12.6 Å². The molecule has 0 aliphatic heterocycles. The van der Waals surface area contributed by atoms with Crippen molar-refractivity contribution in [1.29, 1.82) is 0 Å². The molecule has 0 rings (SSSR count). The number of nitrogens with zero attached hydrogens (tertiary/aromatic N) is 1. The molecular formula is C13H29NS. The lowest BCUT2D eigenvalue weighted by Gasteiger charge is -2.08. The van der Waals surface area contributed by atoms with Crippen LogP contribution >= 0.6 is 12.6 Å². The molecule has 2 heteroatoms. The SMILES string of the molecule is CN(C)CCCCCCCCCCCS. The third-order valence-electron chi connectivity index (χ3n) is 2.76. The Kier molecular flexibility index (Phi) is 12.6. The maximum atomic E-state index is 4.21. The van der Waals surface area contributed by atoms with Gasteiger partial charge in [-0.3, -0.25) is 0 Å². The molecule has 15 heavy (non-hydrogen) atoms. The van der Waals surface area contributed by atoms with Crippen LogP contribution in [0.15, 0.2) is 0 Å². The third kappa shape index (κ3) is 14.3. The predicted molar refractivity (Wildman–Crippen MR) is 74.0 cm³/mol. The second kappa shape index (κ2) is 12.4. The Bertz CT molecular complexity index is 115. The monoisotopic (exact) mass is 231 g/mol. The van der Waals surface area contributed by atoms with Gasteiger partial charge in [0.25, 0.3) is 0 Å². The van der Waals surface area contributed by atoms with Gasteiger partial charge in [-0.05, 0) is 39.2 Å². The highest BCUT2D eigenvalue weighted by atomic mass is 32.1. The quantitative estimate of drug-likeness (QED) is 0.416. The van der Waals surface area contributed by atoms with Gasteiger partial charge in [0.2, 0.25) is 0 Å². The Balaban J connectivity index is 2.87. The minimum atomic E-state index is 1.06. The van der Waals surface area contributed by atoms with Crippen LogP contribution in [0.25, 0.3) is 0 Å². The normalized spacial score (nSPS) is 11.2. The third-order valence-corrected chi connectivity index (χ3v) is 3.08. The van der Waals surface area contributed by atoms with Crippen LogP contribution < -0.4 is 0 Å². The van der Waals surface area contributed by atoms with Gasteiger partial charge in [0.1, 0.15) is 0 Å². The van der Waals surface area contributed by atoms with E-state index in [2.05, 4.69) is 31.6 Å². The molecule has 0 saturated carbocycles. The van der Waals surface area contributed by atoms with Gasteiger partial charge in [0.15, 0.2) is 0 Å². The van der Waals surface area contributed by atoms with Crippen molar-refractivity contribution in [2.45, 2.75) is 57.8 Å². The smallest absolute Gasteiger partial charge is 0.00248 e. The van der Waals surface area contributed by atoms with E-state index in [4.69, 9.17) is 0 Å². The molecule has 0 aromatic heterocycles. The lowest BCUT2D eigenvalue weighted by atomic mass is 10.1. The average molecular weight is 231 g/mol. The Morgan fingerprint density at radius 3 is 1.47 bits per heavy atom. The molecule has 92 valence electrons. The zero-order valence-electron chi connectivity index (χ0n) is 10.7. The van der Waals surface area contributed by atoms with Crippen molar-refractivity contribution in [1.82, 2.24) is 4.90 Å². The van der Waals surface area contributed by atoms with Crippen LogP contribution in [0.4, 0.5) is 0 Å². The van der Waals surface area contributed by atoms with Crippen molar-refractivity contribution in [3.63, 3.8) is 0 Å². The molecule has 0 amide bonds. The Labute approximate surface area is 102 Å². The molecule has 0 spiro atoms. The molecule has 0 heterocycles. The van der Waals surface area contributed by atoms with Crippen molar-refractivity contribution in [3.8, 4) is 0 Å². The molecule has 1 nitrogen and oxygen atoms in total. The number of hydrogen-bond acceptors (Lipinski definition) is 2. The van der Waals surface area contributed by atoms with E-state index in [0.29, 0.717) is 0 Å². The molecule has 0 aliphatic carbocycles. The fraction of sp³-hybridized carbons (Fsp3) is 1.00. The topological polar surface area (TPSA) is 3.24 Å². The summed E-state index contributed by atoms with van der Waals surface area (Å²) in [6.45, 7) is 1.25. The molecule has 0 radical (unpaired) electrons. The molecule has 0 unspecified atom stereocenters. The minimum absolute atomic E-state index is 1.06. The standard InChI is InChI=1S/C13H29NS/c1-14(2)12-10-8-6-4-3-5-7-9-11-13-15/h15H,3-13H2,1-2H3. The highest BCUT2D eigenvalue weighted by Gasteiger charge is 1.93. The van der Waals surface area contributed by atoms with Gasteiger partial charge in [-0.15, -0.1) is 0 Å². The first-order chi connectivity index (χ1) is 7.27. The van der Waals surface area contributed by atoms with E-state index in [0.717, 1.165) is 5.75 Å². The number of unbranched alkanes of at least 4 members (excludes halogenated alkanes) is 8. The number of rotatable bonds is 11. The number of hydrogen-bond donors (Lipinski definition) is 1. The second-order valence-electron chi connectivity index (χ2n) is 4.71. The average Bonchev–Trinajstić information content (AvgIpc) is 2.20. The molecule has 0 saturated heterocycles. The zero-order chi connectivity index (χ0) is 11.4. The zero-order valence-corrected chi connectivity index (χ0v) is 11.6. The maximum absolute atomic E-state index is 4.21. The fourth-order valence-electron chi connectivity index (χ4n) is 1.78. The Morgan fingerprint density at radius 2 is 1.07 bits per heavy atom. The number of thiol groups is 1. The van der Waals surface area contributed by atoms with Gasteiger partial charge in [-0.25, -0.2) is 0 Å². The summed E-state index contributed by atoms with van der Waals surface area (Å²) >= 11 is 4.21. The van der Waals surface area contributed by atoms with E-state index in [-0.39, 0.29) is 0 Å². The van der Waals surface area contributed by atoms with Crippen LogP contribution in [0.3, 0.4) is 0 Å². The van der Waals surface area contributed by atoms with Gasteiger partial charge in [0, 0.05) is 0 Å². The summed E-state index contributed by atoms with van der Waals surface area (Å²) in [6, 6.07) is 0. The van der Waals surface area contributed by atoms with Gasteiger partial charge in [-0.2, -0.15) is 12.6 Å². The van der Waals surface area contributed by atoms with Crippen LogP contribution in [-0.2, 0) is 0 Å². The summed E-state index contributed by atoms with van der Waals surface area (Å²) in [5.41, 5.74) is 0. The van der Waals surface area contributed by atoms with Crippen LogP contribution in [0.5, 0.6) is 0 Å². The van der Waals surface area contributed by atoms with Crippen molar-refractivity contribution in [2.24, 2.45) is 0 Å².